The summed E-state index contributed by atoms with van der Waals surface area (Å²) in [5, 5.41) is 14.2. The number of amides is 1. The average Bonchev–Trinajstić information content (AvgIpc) is 2.60. The second-order valence-corrected chi connectivity index (χ2v) is 6.44. The summed E-state index contributed by atoms with van der Waals surface area (Å²) in [6.45, 7) is 1.90. The highest BCUT2D eigenvalue weighted by molar-refractivity contribution is 6.40. The third kappa shape index (κ3) is 3.61. The Balaban J connectivity index is 1.98. The van der Waals surface area contributed by atoms with Gasteiger partial charge < -0.3 is 10.4 Å². The highest BCUT2D eigenvalue weighted by Crippen LogP contribution is 2.28. The molecule has 0 spiro atoms. The first-order valence-electron chi connectivity index (χ1n) is 7.83. The van der Waals surface area contributed by atoms with Gasteiger partial charge in [-0.05, 0) is 36.2 Å². The molecule has 0 fully saturated rings. The molecule has 1 amide bonds. The summed E-state index contributed by atoms with van der Waals surface area (Å²) in [4.78, 5) is 17.0. The quantitative estimate of drug-likeness (QED) is 0.656. The number of aromatic nitrogens is 1. The van der Waals surface area contributed by atoms with E-state index in [4.69, 9.17) is 23.2 Å². The van der Waals surface area contributed by atoms with E-state index in [9.17, 15) is 9.90 Å². The van der Waals surface area contributed by atoms with Crippen molar-refractivity contribution in [2.45, 2.75) is 19.4 Å². The van der Waals surface area contributed by atoms with E-state index in [1.807, 2.05) is 25.1 Å². The Kier molecular flexibility index (Phi) is 5.23. The molecule has 2 aromatic carbocycles. The molecule has 128 valence electrons. The average molecular weight is 375 g/mol. The van der Waals surface area contributed by atoms with Crippen LogP contribution in [0.1, 0.15) is 35.4 Å². The maximum absolute atomic E-state index is 12.6. The van der Waals surface area contributed by atoms with Crippen LogP contribution < -0.4 is 5.32 Å². The number of hydrogen-bond acceptors (Lipinski definition) is 3. The molecular formula is C19H16Cl2N2O2. The number of carbonyl (C=O) groups is 1. The minimum Gasteiger partial charge on any atom is -0.388 e. The number of aliphatic hydroxyl groups is 1. The van der Waals surface area contributed by atoms with Crippen molar-refractivity contribution >= 4 is 45.7 Å². The van der Waals surface area contributed by atoms with Crippen molar-refractivity contribution in [1.29, 1.82) is 0 Å². The van der Waals surface area contributed by atoms with Crippen molar-refractivity contribution in [1.82, 2.24) is 4.98 Å². The molecule has 0 bridgehead atoms. The van der Waals surface area contributed by atoms with E-state index in [1.165, 1.54) is 0 Å². The van der Waals surface area contributed by atoms with E-state index in [0.29, 0.717) is 17.6 Å². The molecular weight excluding hydrogens is 359 g/mol. The summed E-state index contributed by atoms with van der Waals surface area (Å²) in [5.74, 6) is -0.400. The van der Waals surface area contributed by atoms with Crippen LogP contribution in [-0.2, 0) is 0 Å². The molecule has 2 N–H and O–H groups in total. The van der Waals surface area contributed by atoms with E-state index in [2.05, 4.69) is 10.3 Å². The predicted octanol–water partition coefficient (Wildman–Crippen LogP) is 5.24. The highest BCUT2D eigenvalue weighted by atomic mass is 35.5. The van der Waals surface area contributed by atoms with E-state index >= 15 is 0 Å². The van der Waals surface area contributed by atoms with Crippen LogP contribution in [0.2, 0.25) is 10.0 Å². The lowest BCUT2D eigenvalue weighted by molar-refractivity contribution is 0.102. The summed E-state index contributed by atoms with van der Waals surface area (Å²) in [5.41, 5.74) is 2.15. The zero-order valence-corrected chi connectivity index (χ0v) is 15.0. The van der Waals surface area contributed by atoms with Gasteiger partial charge in [0.1, 0.15) is 0 Å². The van der Waals surface area contributed by atoms with Crippen molar-refractivity contribution in [3.63, 3.8) is 0 Å². The molecule has 0 aliphatic heterocycles. The first-order valence-corrected chi connectivity index (χ1v) is 8.59. The van der Waals surface area contributed by atoms with Gasteiger partial charge >= 0.3 is 0 Å². The summed E-state index contributed by atoms with van der Waals surface area (Å²) >= 11 is 12.2. The Morgan fingerprint density at radius 2 is 1.88 bits per heavy atom. The van der Waals surface area contributed by atoms with E-state index < -0.39 is 12.0 Å². The predicted molar refractivity (Wildman–Crippen MR) is 101 cm³/mol. The summed E-state index contributed by atoms with van der Waals surface area (Å²) in [6.07, 6.45) is 1.67. The molecule has 25 heavy (non-hydrogen) atoms. The molecule has 0 saturated carbocycles. The number of carbonyl (C=O) groups excluding carboxylic acids is 1. The van der Waals surface area contributed by atoms with Gasteiger partial charge in [-0.15, -0.1) is 0 Å². The number of hydrogen-bond donors (Lipinski definition) is 2. The van der Waals surface area contributed by atoms with Crippen LogP contribution in [0.15, 0.2) is 48.7 Å². The Morgan fingerprint density at radius 1 is 1.20 bits per heavy atom. The van der Waals surface area contributed by atoms with Gasteiger partial charge in [0.25, 0.3) is 5.91 Å². The molecule has 6 heteroatoms. The highest BCUT2D eigenvalue weighted by Gasteiger charge is 2.16. The fraction of sp³-hybridized carbons (Fsp3) is 0.158. The lowest BCUT2D eigenvalue weighted by Crippen LogP contribution is -2.13. The molecule has 0 radical (unpaired) electrons. The van der Waals surface area contributed by atoms with Crippen LogP contribution >= 0.6 is 23.2 Å². The Labute approximate surface area is 155 Å². The third-order valence-electron chi connectivity index (χ3n) is 3.94. The lowest BCUT2D eigenvalue weighted by Gasteiger charge is -2.12. The third-order valence-corrected chi connectivity index (χ3v) is 4.57. The van der Waals surface area contributed by atoms with Gasteiger partial charge in [-0.25, -0.2) is 0 Å². The summed E-state index contributed by atoms with van der Waals surface area (Å²) in [6, 6.07) is 12.2. The standard InChI is InChI=1S/C19H16Cl2N2O2/c1-2-16(24)12-9-11-5-3-8-15(18(11)22-10-12)23-19(25)17-13(20)6-4-7-14(17)21/h3-10,16,24H,2H2,1H3,(H,23,25). The first kappa shape index (κ1) is 17.7. The van der Waals surface area contributed by atoms with Gasteiger partial charge in [-0.1, -0.05) is 48.3 Å². The van der Waals surface area contributed by atoms with Gasteiger partial charge in [0.15, 0.2) is 0 Å². The molecule has 0 saturated heterocycles. The Hall–Kier alpha value is -2.14. The van der Waals surface area contributed by atoms with Crippen molar-refractivity contribution in [3.05, 3.63) is 69.8 Å². The van der Waals surface area contributed by atoms with Crippen LogP contribution in [0.4, 0.5) is 5.69 Å². The number of pyridine rings is 1. The zero-order valence-electron chi connectivity index (χ0n) is 13.5. The van der Waals surface area contributed by atoms with Gasteiger partial charge in [0, 0.05) is 11.6 Å². The van der Waals surface area contributed by atoms with Gasteiger partial charge in [-0.3, -0.25) is 9.78 Å². The second kappa shape index (κ2) is 7.40. The minimum absolute atomic E-state index is 0.223. The van der Waals surface area contributed by atoms with Crippen LogP contribution in [0.25, 0.3) is 10.9 Å². The van der Waals surface area contributed by atoms with Crippen LogP contribution in [0.5, 0.6) is 0 Å². The maximum atomic E-state index is 12.6. The summed E-state index contributed by atoms with van der Waals surface area (Å²) < 4.78 is 0. The number of anilines is 1. The number of rotatable bonds is 4. The minimum atomic E-state index is -0.558. The van der Waals surface area contributed by atoms with E-state index in [-0.39, 0.29) is 15.6 Å². The largest absolute Gasteiger partial charge is 0.388 e. The van der Waals surface area contributed by atoms with Crippen molar-refractivity contribution in [2.75, 3.05) is 5.32 Å². The van der Waals surface area contributed by atoms with Crippen molar-refractivity contribution in [2.24, 2.45) is 0 Å². The SMILES string of the molecule is CCC(O)c1cnc2c(NC(=O)c3c(Cl)cccc3Cl)cccc2c1. The van der Waals surface area contributed by atoms with Crippen LogP contribution in [0.3, 0.4) is 0 Å². The molecule has 0 aliphatic carbocycles. The maximum Gasteiger partial charge on any atom is 0.258 e. The molecule has 1 unspecified atom stereocenters. The monoisotopic (exact) mass is 374 g/mol. The topological polar surface area (TPSA) is 62.2 Å². The zero-order chi connectivity index (χ0) is 18.0. The Bertz CT molecular complexity index is 924. The molecule has 3 aromatic rings. The van der Waals surface area contributed by atoms with E-state index in [0.717, 1.165) is 10.9 Å². The number of benzene rings is 2. The molecule has 1 heterocycles. The molecule has 3 rings (SSSR count). The van der Waals surface area contributed by atoms with Gasteiger partial charge in [0.05, 0.1) is 32.9 Å². The number of fused-ring (bicyclic) bond motifs is 1. The molecule has 1 aromatic heterocycles. The fourth-order valence-corrected chi connectivity index (χ4v) is 3.17. The number of nitrogens with one attached hydrogen (secondary N) is 1. The van der Waals surface area contributed by atoms with Crippen LogP contribution in [-0.4, -0.2) is 16.0 Å². The number of para-hydroxylation sites is 1. The molecule has 0 aliphatic rings. The number of aliphatic hydroxyl groups excluding tert-OH is 1. The van der Waals surface area contributed by atoms with Gasteiger partial charge in [0.2, 0.25) is 0 Å². The first-order chi connectivity index (χ1) is 12.0. The Morgan fingerprint density at radius 3 is 2.56 bits per heavy atom. The smallest absolute Gasteiger partial charge is 0.258 e. The lowest BCUT2D eigenvalue weighted by atomic mass is 10.1. The van der Waals surface area contributed by atoms with Crippen molar-refractivity contribution < 1.29 is 9.90 Å². The van der Waals surface area contributed by atoms with Gasteiger partial charge in [-0.2, -0.15) is 0 Å². The second-order valence-electron chi connectivity index (χ2n) is 5.62. The van der Waals surface area contributed by atoms with Crippen molar-refractivity contribution in [3.8, 4) is 0 Å². The molecule has 4 nitrogen and oxygen atoms in total. The summed E-state index contributed by atoms with van der Waals surface area (Å²) in [7, 11) is 0. The number of halogens is 2. The van der Waals surface area contributed by atoms with E-state index in [1.54, 1.807) is 30.5 Å². The fourth-order valence-electron chi connectivity index (χ4n) is 2.60. The van der Waals surface area contributed by atoms with Crippen LogP contribution in [0, 0.1) is 0 Å². The number of nitrogens with zero attached hydrogens (tertiary/aromatic N) is 1. The molecule has 1 atom stereocenters. The normalized spacial score (nSPS) is 12.2.